The third-order valence-corrected chi connectivity index (χ3v) is 5.13. The molecular formula is C26H27F6N5O6. The van der Waals surface area contributed by atoms with Crippen molar-refractivity contribution in [2.75, 3.05) is 0 Å². The molecule has 2 aromatic rings. The number of carboxylic acids is 2. The number of benzene rings is 2. The molecule has 43 heavy (non-hydrogen) atoms. The van der Waals surface area contributed by atoms with Crippen LogP contribution in [0.1, 0.15) is 17.5 Å². The number of hydrogen-bond acceptors (Lipinski definition) is 7. The van der Waals surface area contributed by atoms with Crippen molar-refractivity contribution in [3.63, 3.8) is 0 Å². The molecule has 7 N–H and O–H groups in total. The first-order valence-corrected chi connectivity index (χ1v) is 12.1. The van der Waals surface area contributed by atoms with Gasteiger partial charge < -0.3 is 36.2 Å². The number of carboxylic acid groups (broad SMARTS) is 2. The minimum absolute atomic E-state index is 0.239. The van der Waals surface area contributed by atoms with Gasteiger partial charge in [-0.2, -0.15) is 26.3 Å². The van der Waals surface area contributed by atoms with Crippen LogP contribution in [0.5, 0.6) is 0 Å². The van der Waals surface area contributed by atoms with Gasteiger partial charge in [0.05, 0.1) is 0 Å². The van der Waals surface area contributed by atoms with E-state index < -0.39 is 36.4 Å². The fraction of sp³-hybridized carbons (Fsp3) is 0.269. The Kier molecular flexibility index (Phi) is 14.5. The molecule has 0 bridgehead atoms. The molecule has 0 spiro atoms. The van der Waals surface area contributed by atoms with Crippen LogP contribution in [0.3, 0.4) is 0 Å². The van der Waals surface area contributed by atoms with Gasteiger partial charge in [0.15, 0.2) is 12.4 Å². The van der Waals surface area contributed by atoms with Crippen LogP contribution in [0.4, 0.5) is 26.3 Å². The van der Waals surface area contributed by atoms with Crippen molar-refractivity contribution in [3.8, 4) is 0 Å². The zero-order valence-corrected chi connectivity index (χ0v) is 22.2. The second-order valence-corrected chi connectivity index (χ2v) is 8.55. The van der Waals surface area contributed by atoms with Crippen molar-refractivity contribution in [3.05, 3.63) is 83.7 Å². The Labute approximate surface area is 240 Å². The average Bonchev–Trinajstić information content (AvgIpc) is 3.45. The molecule has 234 valence electrons. The lowest BCUT2D eigenvalue weighted by atomic mass is 10.0. The standard InChI is InChI=1S/C22H25N5O2.2C2HF3O2/c23-19(11-16-7-3-1-4-8-16)21(28)27-20(12-18-14-24-15-26-18)22(29)25-13-17-9-5-2-6-10-17;2*3-2(4,5)1(6)7/h1-10,14-15,19-20H,11-13,23H2,(H,24,26)(H,25,29)(H,27,28);2*(H,6,7)/t19-,20-;;/m0../s1. The normalized spacial score (nSPS) is 13.6. The molecule has 2 amide bonds. The summed E-state index contributed by atoms with van der Waals surface area (Å²) in [6, 6.07) is 18.2. The molecule has 2 atom stereocenters. The maximum absolute atomic E-state index is 12.8. The number of nitrogens with one attached hydrogen (secondary N) is 2. The molecule has 0 unspecified atom stereocenters. The zero-order chi connectivity index (χ0) is 32.6. The van der Waals surface area contributed by atoms with Crippen LogP contribution in [-0.2, 0) is 32.1 Å². The molecule has 1 aliphatic rings. The summed E-state index contributed by atoms with van der Waals surface area (Å²) in [7, 11) is 0. The van der Waals surface area contributed by atoms with E-state index in [0.717, 1.165) is 16.8 Å². The molecule has 3 rings (SSSR count). The zero-order valence-electron chi connectivity index (χ0n) is 22.2. The van der Waals surface area contributed by atoms with Crippen LogP contribution in [0.2, 0.25) is 0 Å². The molecule has 17 heteroatoms. The predicted octanol–water partition coefficient (Wildman–Crippen LogP) is -1.93. The number of nitrogens with two attached hydrogens (primary N) is 1. The van der Waals surface area contributed by atoms with Crippen LogP contribution in [-0.4, -0.2) is 54.5 Å². The van der Waals surface area contributed by atoms with Crippen molar-refractivity contribution in [2.45, 2.75) is 43.8 Å². The van der Waals surface area contributed by atoms with Crippen molar-refractivity contribution < 1.29 is 66.8 Å². The minimum Gasteiger partial charge on any atom is -0.542 e. The second kappa shape index (κ2) is 17.2. The van der Waals surface area contributed by atoms with Crippen LogP contribution < -0.4 is 31.9 Å². The van der Waals surface area contributed by atoms with Gasteiger partial charge in [-0.25, -0.2) is 4.99 Å². The summed E-state index contributed by atoms with van der Waals surface area (Å²) in [5, 5.41) is 25.1. The first-order valence-electron chi connectivity index (χ1n) is 12.1. The molecular weight excluding hydrogens is 592 g/mol. The van der Waals surface area contributed by atoms with E-state index in [1.165, 1.54) is 0 Å². The van der Waals surface area contributed by atoms with E-state index in [2.05, 4.69) is 21.4 Å². The number of rotatable bonds is 9. The van der Waals surface area contributed by atoms with E-state index in [9.17, 15) is 35.9 Å². The number of aliphatic imine (C=N–C) groups is 1. The van der Waals surface area contributed by atoms with E-state index in [4.69, 9.17) is 19.8 Å². The summed E-state index contributed by atoms with van der Waals surface area (Å²) < 4.78 is 63.1. The van der Waals surface area contributed by atoms with Gasteiger partial charge in [0, 0.05) is 19.4 Å². The Morgan fingerprint density at radius 3 is 1.67 bits per heavy atom. The summed E-state index contributed by atoms with van der Waals surface area (Å²) in [6.45, 7) is 0.401. The number of carbonyl (C=O) groups excluding carboxylic acids is 4. The van der Waals surface area contributed by atoms with Crippen molar-refractivity contribution in [2.24, 2.45) is 4.99 Å². The lowest BCUT2D eigenvalue weighted by Crippen LogP contribution is -2.74. The Bertz CT molecular complexity index is 1250. The molecule has 1 aliphatic heterocycles. The number of carbonyl (C=O) groups is 4. The molecule has 1 heterocycles. The predicted molar refractivity (Wildman–Crippen MR) is 132 cm³/mol. The summed E-state index contributed by atoms with van der Waals surface area (Å²) in [5.41, 5.74) is 6.76. The van der Waals surface area contributed by atoms with Gasteiger partial charge in [-0.05, 0) is 11.1 Å². The average molecular weight is 620 g/mol. The maximum Gasteiger partial charge on any atom is 0.430 e. The highest BCUT2D eigenvalue weighted by Gasteiger charge is 2.30. The number of halogens is 6. The van der Waals surface area contributed by atoms with Gasteiger partial charge in [0.1, 0.15) is 29.9 Å². The van der Waals surface area contributed by atoms with Gasteiger partial charge in [-0.1, -0.05) is 60.7 Å². The monoisotopic (exact) mass is 619 g/mol. The van der Waals surface area contributed by atoms with Crippen molar-refractivity contribution in [1.82, 2.24) is 10.6 Å². The number of hydrogen-bond donors (Lipinski definition) is 4. The summed E-state index contributed by atoms with van der Waals surface area (Å²) in [5.74, 6) is -6.50. The fourth-order valence-corrected chi connectivity index (χ4v) is 3.06. The molecule has 0 radical (unpaired) electrons. The second-order valence-electron chi connectivity index (χ2n) is 8.55. The Balaban J connectivity index is 0.000000548. The molecule has 0 fully saturated rings. The largest absolute Gasteiger partial charge is 0.542 e. The van der Waals surface area contributed by atoms with Gasteiger partial charge >= 0.3 is 12.4 Å². The van der Waals surface area contributed by atoms with E-state index in [1.807, 2.05) is 72.2 Å². The number of aliphatic carboxylic acids is 2. The smallest absolute Gasteiger partial charge is 0.430 e. The summed E-state index contributed by atoms with van der Waals surface area (Å²) in [4.78, 5) is 47.3. The van der Waals surface area contributed by atoms with Gasteiger partial charge in [-0.3, -0.25) is 14.9 Å². The molecule has 2 aromatic carbocycles. The van der Waals surface area contributed by atoms with E-state index in [1.54, 1.807) is 6.34 Å². The van der Waals surface area contributed by atoms with E-state index >= 15 is 0 Å². The van der Waals surface area contributed by atoms with Crippen molar-refractivity contribution in [1.29, 1.82) is 0 Å². The van der Waals surface area contributed by atoms with Gasteiger partial charge in [0.2, 0.25) is 5.91 Å². The Hall–Kier alpha value is -4.77. The molecule has 0 saturated heterocycles. The molecule has 0 aromatic heterocycles. The SMILES string of the molecule is O=C([O-])C(F)(F)F.O=C([O-])C(F)(F)F.[NH3+][C@@H](Cc1ccccc1)C(=O)N[C@@H](CC1=C[NH2+]C=N1)C(=O)NCc1ccccc1. The van der Waals surface area contributed by atoms with Crippen molar-refractivity contribution >= 4 is 30.1 Å². The number of amides is 2. The Morgan fingerprint density at radius 1 is 0.791 bits per heavy atom. The fourth-order valence-electron chi connectivity index (χ4n) is 3.06. The first kappa shape index (κ1) is 36.3. The highest BCUT2D eigenvalue weighted by atomic mass is 19.4. The number of nitrogens with zero attached hydrogens (tertiary/aromatic N) is 1. The van der Waals surface area contributed by atoms with Crippen LogP contribution >= 0.6 is 0 Å². The van der Waals surface area contributed by atoms with E-state index in [-0.39, 0.29) is 11.8 Å². The lowest BCUT2D eigenvalue weighted by Gasteiger charge is -2.19. The number of quaternary nitrogens is 2. The van der Waals surface area contributed by atoms with Crippen LogP contribution in [0, 0.1) is 0 Å². The maximum atomic E-state index is 12.8. The third kappa shape index (κ3) is 15.1. The minimum atomic E-state index is -5.19. The lowest BCUT2D eigenvalue weighted by molar-refractivity contribution is -0.447. The van der Waals surface area contributed by atoms with Gasteiger partial charge in [-0.15, -0.1) is 0 Å². The topological polar surface area (TPSA) is 195 Å². The molecule has 11 nitrogen and oxygen atoms in total. The molecule has 0 aliphatic carbocycles. The highest BCUT2D eigenvalue weighted by molar-refractivity contribution is 5.89. The summed E-state index contributed by atoms with van der Waals surface area (Å²) in [6.07, 6.45) is -6.03. The van der Waals surface area contributed by atoms with Crippen LogP contribution in [0.15, 0.2) is 77.6 Å². The molecule has 0 saturated carbocycles. The third-order valence-electron chi connectivity index (χ3n) is 5.13. The highest BCUT2D eigenvalue weighted by Crippen LogP contribution is 2.12. The Morgan fingerprint density at radius 2 is 1.26 bits per heavy atom. The van der Waals surface area contributed by atoms with Crippen LogP contribution in [0.25, 0.3) is 0 Å². The summed E-state index contributed by atoms with van der Waals surface area (Å²) >= 11 is 0. The van der Waals surface area contributed by atoms with E-state index in [0.29, 0.717) is 19.4 Å². The quantitative estimate of drug-likeness (QED) is 0.236. The number of alkyl halides is 6. The van der Waals surface area contributed by atoms with Gasteiger partial charge in [0.25, 0.3) is 5.91 Å². The first-order chi connectivity index (χ1) is 20.0.